The molecule has 2 heterocycles. The summed E-state index contributed by atoms with van der Waals surface area (Å²) in [6, 6.07) is 0. The maximum absolute atomic E-state index is 12.4. The Hall–Kier alpha value is -1.45. The van der Waals surface area contributed by atoms with Gasteiger partial charge in [0, 0.05) is 51.9 Å². The average Bonchev–Trinajstić information content (AvgIpc) is 3.16. The van der Waals surface area contributed by atoms with Gasteiger partial charge < -0.3 is 10.6 Å². The SMILES string of the molecule is CCN(CC)S(=O)(=O)CCNC(=O)[C@H]1CNC[C@@H]1c1cnn(C)c1. The van der Waals surface area contributed by atoms with Crippen molar-refractivity contribution in [3.05, 3.63) is 18.0 Å². The Bertz CT molecular complexity index is 654. The van der Waals surface area contributed by atoms with Crippen molar-refractivity contribution in [3.63, 3.8) is 0 Å². The van der Waals surface area contributed by atoms with E-state index in [1.54, 1.807) is 10.9 Å². The number of aryl methyl sites for hydroxylation is 1. The maximum atomic E-state index is 12.4. The Morgan fingerprint density at radius 1 is 1.42 bits per heavy atom. The number of hydrogen-bond donors (Lipinski definition) is 2. The first-order chi connectivity index (χ1) is 11.4. The monoisotopic (exact) mass is 357 g/mol. The summed E-state index contributed by atoms with van der Waals surface area (Å²) in [5, 5.41) is 10.2. The molecule has 1 aliphatic rings. The van der Waals surface area contributed by atoms with Crippen molar-refractivity contribution in [2.75, 3.05) is 38.5 Å². The van der Waals surface area contributed by atoms with E-state index in [0.717, 1.165) is 12.1 Å². The van der Waals surface area contributed by atoms with Crippen LogP contribution in [0.3, 0.4) is 0 Å². The summed E-state index contributed by atoms with van der Waals surface area (Å²) in [5.41, 5.74) is 1.03. The summed E-state index contributed by atoms with van der Waals surface area (Å²) < 4.78 is 27.4. The highest BCUT2D eigenvalue weighted by molar-refractivity contribution is 7.89. The summed E-state index contributed by atoms with van der Waals surface area (Å²) in [6.45, 7) is 5.96. The standard InChI is InChI=1S/C15H27N5O3S/c1-4-20(5-2)24(22,23)7-6-17-15(21)14-10-16-9-13(14)12-8-18-19(3)11-12/h8,11,13-14,16H,4-7,9-10H2,1-3H3,(H,17,21)/t13-,14+/m1/s1. The molecule has 1 aromatic heterocycles. The van der Waals surface area contributed by atoms with Crippen molar-refractivity contribution in [2.24, 2.45) is 13.0 Å². The number of nitrogens with zero attached hydrogens (tertiary/aromatic N) is 3. The predicted molar refractivity (Wildman–Crippen MR) is 92.0 cm³/mol. The van der Waals surface area contributed by atoms with Crippen LogP contribution in [0.25, 0.3) is 0 Å². The van der Waals surface area contributed by atoms with Gasteiger partial charge in [0.05, 0.1) is 17.9 Å². The molecule has 0 aromatic carbocycles. The lowest BCUT2D eigenvalue weighted by atomic mass is 9.90. The fourth-order valence-corrected chi connectivity index (χ4v) is 4.52. The molecule has 1 saturated heterocycles. The number of aromatic nitrogens is 2. The van der Waals surface area contributed by atoms with Crippen LogP contribution in [-0.2, 0) is 21.9 Å². The lowest BCUT2D eigenvalue weighted by Gasteiger charge is -2.20. The molecule has 136 valence electrons. The lowest BCUT2D eigenvalue weighted by molar-refractivity contribution is -0.124. The second-order valence-electron chi connectivity index (χ2n) is 6.01. The van der Waals surface area contributed by atoms with Gasteiger partial charge in [0.15, 0.2) is 0 Å². The van der Waals surface area contributed by atoms with Crippen molar-refractivity contribution in [1.29, 1.82) is 0 Å². The van der Waals surface area contributed by atoms with Crippen molar-refractivity contribution in [3.8, 4) is 0 Å². The zero-order chi connectivity index (χ0) is 17.7. The number of hydrogen-bond acceptors (Lipinski definition) is 5. The number of rotatable bonds is 8. The van der Waals surface area contributed by atoms with Gasteiger partial charge in [-0.15, -0.1) is 0 Å². The minimum Gasteiger partial charge on any atom is -0.355 e. The molecule has 0 radical (unpaired) electrons. The first kappa shape index (κ1) is 18.9. The first-order valence-corrected chi connectivity index (χ1v) is 9.94. The Morgan fingerprint density at radius 2 is 2.12 bits per heavy atom. The molecule has 1 fully saturated rings. The molecule has 8 nitrogen and oxygen atoms in total. The Kier molecular flexibility index (Phi) is 6.36. The van der Waals surface area contributed by atoms with Crippen molar-refractivity contribution < 1.29 is 13.2 Å². The van der Waals surface area contributed by atoms with Gasteiger partial charge in [-0.25, -0.2) is 12.7 Å². The highest BCUT2D eigenvalue weighted by atomic mass is 32.2. The van der Waals surface area contributed by atoms with E-state index in [9.17, 15) is 13.2 Å². The molecule has 1 aromatic rings. The van der Waals surface area contributed by atoms with Crippen LogP contribution in [0.2, 0.25) is 0 Å². The highest BCUT2D eigenvalue weighted by Crippen LogP contribution is 2.27. The summed E-state index contributed by atoms with van der Waals surface area (Å²) in [6.07, 6.45) is 3.70. The molecule has 0 aliphatic carbocycles. The minimum atomic E-state index is -3.31. The zero-order valence-electron chi connectivity index (χ0n) is 14.5. The molecule has 2 atom stereocenters. The normalized spacial score (nSPS) is 21.3. The smallest absolute Gasteiger partial charge is 0.225 e. The summed E-state index contributed by atoms with van der Waals surface area (Å²) in [5.74, 6) is -0.315. The number of carbonyl (C=O) groups excluding carboxylic acids is 1. The van der Waals surface area contributed by atoms with Gasteiger partial charge in [-0.3, -0.25) is 9.48 Å². The topological polar surface area (TPSA) is 96.3 Å². The van der Waals surface area contributed by atoms with E-state index in [4.69, 9.17) is 0 Å². The van der Waals surface area contributed by atoms with E-state index >= 15 is 0 Å². The minimum absolute atomic E-state index is 0.0677. The third kappa shape index (κ3) is 4.34. The van der Waals surface area contributed by atoms with E-state index in [1.807, 2.05) is 27.1 Å². The molecule has 0 spiro atoms. The number of nitrogens with one attached hydrogen (secondary N) is 2. The Balaban J connectivity index is 1.90. The van der Waals surface area contributed by atoms with Gasteiger partial charge in [-0.05, 0) is 5.56 Å². The Morgan fingerprint density at radius 3 is 2.71 bits per heavy atom. The van der Waals surface area contributed by atoms with Crippen LogP contribution >= 0.6 is 0 Å². The second-order valence-corrected chi connectivity index (χ2v) is 8.10. The van der Waals surface area contributed by atoms with E-state index in [2.05, 4.69) is 15.7 Å². The summed E-state index contributed by atoms with van der Waals surface area (Å²) >= 11 is 0. The molecule has 0 bridgehead atoms. The third-order valence-electron chi connectivity index (χ3n) is 4.46. The first-order valence-electron chi connectivity index (χ1n) is 8.33. The van der Waals surface area contributed by atoms with Gasteiger partial charge in [0.25, 0.3) is 0 Å². The van der Waals surface area contributed by atoms with Crippen molar-refractivity contribution in [2.45, 2.75) is 19.8 Å². The van der Waals surface area contributed by atoms with E-state index in [1.165, 1.54) is 4.31 Å². The van der Waals surface area contributed by atoms with Gasteiger partial charge >= 0.3 is 0 Å². The molecular weight excluding hydrogens is 330 g/mol. The van der Waals surface area contributed by atoms with Crippen LogP contribution in [-0.4, -0.2) is 66.9 Å². The Labute approximate surface area is 143 Å². The van der Waals surface area contributed by atoms with E-state index in [-0.39, 0.29) is 30.0 Å². The maximum Gasteiger partial charge on any atom is 0.225 e. The molecule has 9 heteroatoms. The number of carbonyl (C=O) groups is 1. The molecule has 2 rings (SSSR count). The molecule has 2 N–H and O–H groups in total. The van der Waals surface area contributed by atoms with Crippen LogP contribution in [0.5, 0.6) is 0 Å². The van der Waals surface area contributed by atoms with Crippen LogP contribution in [0.4, 0.5) is 0 Å². The van der Waals surface area contributed by atoms with Gasteiger partial charge in [-0.1, -0.05) is 13.8 Å². The molecule has 1 amide bonds. The highest BCUT2D eigenvalue weighted by Gasteiger charge is 2.34. The molecule has 1 aliphatic heterocycles. The fourth-order valence-electron chi connectivity index (χ4n) is 3.12. The summed E-state index contributed by atoms with van der Waals surface area (Å²) in [7, 11) is -1.47. The van der Waals surface area contributed by atoms with Gasteiger partial charge in [0.1, 0.15) is 0 Å². The fraction of sp³-hybridized carbons (Fsp3) is 0.733. The average molecular weight is 357 g/mol. The lowest BCUT2D eigenvalue weighted by Crippen LogP contribution is -2.40. The molecule has 0 unspecified atom stereocenters. The van der Waals surface area contributed by atoms with Crippen LogP contribution in [0.1, 0.15) is 25.3 Å². The summed E-state index contributed by atoms with van der Waals surface area (Å²) in [4.78, 5) is 12.4. The van der Waals surface area contributed by atoms with Crippen LogP contribution in [0, 0.1) is 5.92 Å². The van der Waals surface area contributed by atoms with Gasteiger partial charge in [0.2, 0.25) is 15.9 Å². The van der Waals surface area contributed by atoms with Crippen LogP contribution in [0.15, 0.2) is 12.4 Å². The van der Waals surface area contributed by atoms with Crippen LogP contribution < -0.4 is 10.6 Å². The number of amides is 1. The van der Waals surface area contributed by atoms with Crippen molar-refractivity contribution >= 4 is 15.9 Å². The molecular formula is C15H27N5O3S. The molecule has 24 heavy (non-hydrogen) atoms. The zero-order valence-corrected chi connectivity index (χ0v) is 15.3. The van der Waals surface area contributed by atoms with E-state index in [0.29, 0.717) is 19.6 Å². The van der Waals surface area contributed by atoms with Gasteiger partial charge in [-0.2, -0.15) is 5.10 Å². The number of sulfonamides is 1. The molecule has 0 saturated carbocycles. The second kappa shape index (κ2) is 8.09. The quantitative estimate of drug-likeness (QED) is 0.655. The van der Waals surface area contributed by atoms with Crippen molar-refractivity contribution in [1.82, 2.24) is 24.7 Å². The predicted octanol–water partition coefficient (Wildman–Crippen LogP) is -0.489. The van der Waals surface area contributed by atoms with E-state index < -0.39 is 10.0 Å². The third-order valence-corrected chi connectivity index (χ3v) is 6.49. The largest absolute Gasteiger partial charge is 0.355 e.